The molecule has 3 aromatic rings. The van der Waals surface area contributed by atoms with Crippen molar-refractivity contribution in [1.29, 1.82) is 0 Å². The summed E-state index contributed by atoms with van der Waals surface area (Å²) in [4.78, 5) is 11.8. The highest BCUT2D eigenvalue weighted by molar-refractivity contribution is 5.93. The van der Waals surface area contributed by atoms with E-state index in [0.717, 1.165) is 22.7 Å². The minimum absolute atomic E-state index is 0.227. The third-order valence-corrected chi connectivity index (χ3v) is 4.17. The number of carboxylic acid groups (broad SMARTS) is 1. The second-order valence-corrected chi connectivity index (χ2v) is 5.94. The van der Waals surface area contributed by atoms with Crippen LogP contribution in [0.15, 0.2) is 54.6 Å². The van der Waals surface area contributed by atoms with Crippen LogP contribution in [-0.4, -0.2) is 22.8 Å². The van der Waals surface area contributed by atoms with Crippen molar-refractivity contribution in [2.75, 3.05) is 7.11 Å². The van der Waals surface area contributed by atoms with Crippen molar-refractivity contribution < 1.29 is 14.6 Å². The van der Waals surface area contributed by atoms with E-state index in [1.54, 1.807) is 19.2 Å². The first-order valence-corrected chi connectivity index (χ1v) is 8.19. The quantitative estimate of drug-likeness (QED) is 0.724. The van der Waals surface area contributed by atoms with Gasteiger partial charge in [-0.25, -0.2) is 4.79 Å². The number of aromatic nitrogens is 1. The van der Waals surface area contributed by atoms with Gasteiger partial charge in [-0.15, -0.1) is 0 Å². The standard InChI is InChI=1S/C22H19NO3/c1-15-10-11-16(2)23(15)21-18(7-5-9-20(21)22(24)25)13-12-17-6-4-8-19(14-17)26-3/h4-11,14H,1-3H3,(H,24,25). The second kappa shape index (κ2) is 7.20. The van der Waals surface area contributed by atoms with Crippen LogP contribution in [-0.2, 0) is 0 Å². The SMILES string of the molecule is COc1cccc(C#Cc2cccc(C(=O)O)c2-n2c(C)ccc2C)c1. The molecule has 0 unspecified atom stereocenters. The summed E-state index contributed by atoms with van der Waals surface area (Å²) in [7, 11) is 1.61. The molecule has 1 aromatic heterocycles. The number of benzene rings is 2. The van der Waals surface area contributed by atoms with Gasteiger partial charge in [-0.1, -0.05) is 24.0 Å². The third-order valence-electron chi connectivity index (χ3n) is 4.17. The Bertz CT molecular complexity index is 1020. The summed E-state index contributed by atoms with van der Waals surface area (Å²) in [5.74, 6) is 5.99. The zero-order valence-electron chi connectivity index (χ0n) is 14.9. The zero-order valence-corrected chi connectivity index (χ0v) is 14.9. The molecule has 0 fully saturated rings. The van der Waals surface area contributed by atoms with Gasteiger partial charge in [-0.3, -0.25) is 0 Å². The predicted octanol–water partition coefficient (Wildman–Crippen LogP) is 4.20. The lowest BCUT2D eigenvalue weighted by atomic mass is 10.1. The number of para-hydroxylation sites is 1. The van der Waals surface area contributed by atoms with E-state index < -0.39 is 5.97 Å². The molecule has 0 saturated heterocycles. The maximum absolute atomic E-state index is 11.8. The van der Waals surface area contributed by atoms with E-state index in [1.165, 1.54) is 0 Å². The van der Waals surface area contributed by atoms with Gasteiger partial charge in [0.15, 0.2) is 0 Å². The number of ether oxygens (including phenoxy) is 1. The van der Waals surface area contributed by atoms with Crippen LogP contribution in [0.2, 0.25) is 0 Å². The molecule has 3 rings (SSSR count). The number of aryl methyl sites for hydroxylation is 2. The summed E-state index contributed by atoms with van der Waals surface area (Å²) in [6.07, 6.45) is 0. The van der Waals surface area contributed by atoms with Crippen molar-refractivity contribution >= 4 is 5.97 Å². The van der Waals surface area contributed by atoms with Crippen LogP contribution in [0.25, 0.3) is 5.69 Å². The number of nitrogens with zero attached hydrogens (tertiary/aromatic N) is 1. The van der Waals surface area contributed by atoms with Crippen LogP contribution in [0, 0.1) is 25.7 Å². The van der Waals surface area contributed by atoms with E-state index in [-0.39, 0.29) is 5.56 Å². The summed E-state index contributed by atoms with van der Waals surface area (Å²) in [6, 6.07) is 16.6. The lowest BCUT2D eigenvalue weighted by Crippen LogP contribution is -2.10. The zero-order chi connectivity index (χ0) is 18.7. The summed E-state index contributed by atoms with van der Waals surface area (Å²) in [5.41, 5.74) is 4.20. The number of aromatic carboxylic acids is 1. The van der Waals surface area contributed by atoms with Gasteiger partial charge in [0.1, 0.15) is 5.75 Å². The number of rotatable bonds is 3. The van der Waals surface area contributed by atoms with Gasteiger partial charge < -0.3 is 14.4 Å². The average Bonchev–Trinajstić information content (AvgIpc) is 2.98. The van der Waals surface area contributed by atoms with E-state index in [1.807, 2.05) is 60.9 Å². The molecular weight excluding hydrogens is 326 g/mol. The van der Waals surface area contributed by atoms with E-state index in [0.29, 0.717) is 11.3 Å². The molecule has 0 aliphatic rings. The maximum Gasteiger partial charge on any atom is 0.337 e. The highest BCUT2D eigenvalue weighted by atomic mass is 16.5. The fourth-order valence-corrected chi connectivity index (χ4v) is 2.92. The number of hydrogen-bond donors (Lipinski definition) is 1. The molecule has 0 aliphatic heterocycles. The molecule has 4 nitrogen and oxygen atoms in total. The smallest absolute Gasteiger partial charge is 0.337 e. The normalized spacial score (nSPS) is 10.1. The van der Waals surface area contributed by atoms with Gasteiger partial charge in [0.2, 0.25) is 0 Å². The molecule has 0 radical (unpaired) electrons. The predicted molar refractivity (Wildman–Crippen MR) is 101 cm³/mol. The average molecular weight is 345 g/mol. The van der Waals surface area contributed by atoms with Gasteiger partial charge in [0.05, 0.1) is 18.4 Å². The molecule has 0 amide bonds. The van der Waals surface area contributed by atoms with E-state index in [4.69, 9.17) is 4.74 Å². The Kier molecular flexibility index (Phi) is 4.81. The highest BCUT2D eigenvalue weighted by Gasteiger charge is 2.17. The molecule has 26 heavy (non-hydrogen) atoms. The summed E-state index contributed by atoms with van der Waals surface area (Å²) in [6.45, 7) is 3.90. The molecule has 1 N–H and O–H groups in total. The second-order valence-electron chi connectivity index (χ2n) is 5.94. The van der Waals surface area contributed by atoms with E-state index in [9.17, 15) is 9.90 Å². The van der Waals surface area contributed by atoms with Gasteiger partial charge in [-0.05, 0) is 56.3 Å². The van der Waals surface area contributed by atoms with Crippen molar-refractivity contribution in [2.24, 2.45) is 0 Å². The molecular formula is C22H19NO3. The van der Waals surface area contributed by atoms with Crippen molar-refractivity contribution in [1.82, 2.24) is 4.57 Å². The molecule has 0 bridgehead atoms. The monoisotopic (exact) mass is 345 g/mol. The van der Waals surface area contributed by atoms with Crippen LogP contribution in [0.1, 0.15) is 32.9 Å². The molecule has 2 aromatic carbocycles. The Morgan fingerprint density at radius 2 is 1.69 bits per heavy atom. The Hall–Kier alpha value is -3.45. The highest BCUT2D eigenvalue weighted by Crippen LogP contribution is 2.24. The van der Waals surface area contributed by atoms with Crippen molar-refractivity contribution in [3.05, 3.63) is 82.7 Å². The summed E-state index contributed by atoms with van der Waals surface area (Å²) < 4.78 is 7.15. The Morgan fingerprint density at radius 3 is 2.35 bits per heavy atom. The molecule has 1 heterocycles. The first-order chi connectivity index (χ1) is 12.5. The van der Waals surface area contributed by atoms with Crippen LogP contribution in [0.3, 0.4) is 0 Å². The molecule has 4 heteroatoms. The molecule has 0 aliphatic carbocycles. The third kappa shape index (κ3) is 3.33. The number of methoxy groups -OCH3 is 1. The minimum Gasteiger partial charge on any atom is -0.497 e. The first kappa shape index (κ1) is 17.4. The van der Waals surface area contributed by atoms with Crippen molar-refractivity contribution in [3.8, 4) is 23.3 Å². The van der Waals surface area contributed by atoms with Crippen LogP contribution < -0.4 is 4.74 Å². The van der Waals surface area contributed by atoms with Gasteiger partial charge in [0.25, 0.3) is 0 Å². The fourth-order valence-electron chi connectivity index (χ4n) is 2.92. The molecule has 130 valence electrons. The van der Waals surface area contributed by atoms with Crippen LogP contribution >= 0.6 is 0 Å². The van der Waals surface area contributed by atoms with Gasteiger partial charge in [0, 0.05) is 22.5 Å². The van der Waals surface area contributed by atoms with Gasteiger partial charge >= 0.3 is 5.97 Å². The fraction of sp³-hybridized carbons (Fsp3) is 0.136. The van der Waals surface area contributed by atoms with E-state index in [2.05, 4.69) is 11.8 Å². The summed E-state index contributed by atoms with van der Waals surface area (Å²) in [5, 5.41) is 9.65. The van der Waals surface area contributed by atoms with E-state index >= 15 is 0 Å². The Morgan fingerprint density at radius 1 is 1.00 bits per heavy atom. The lowest BCUT2D eigenvalue weighted by Gasteiger charge is -2.14. The Labute approximate surface area is 152 Å². The molecule has 0 atom stereocenters. The number of carboxylic acids is 1. The number of carbonyl (C=O) groups is 1. The Balaban J connectivity index is 2.19. The van der Waals surface area contributed by atoms with Gasteiger partial charge in [-0.2, -0.15) is 0 Å². The largest absolute Gasteiger partial charge is 0.497 e. The number of hydrogen-bond acceptors (Lipinski definition) is 2. The van der Waals surface area contributed by atoms with Crippen LogP contribution in [0.5, 0.6) is 5.75 Å². The topological polar surface area (TPSA) is 51.5 Å². The minimum atomic E-state index is -0.975. The maximum atomic E-state index is 11.8. The lowest BCUT2D eigenvalue weighted by molar-refractivity contribution is 0.0697. The molecule has 0 spiro atoms. The van der Waals surface area contributed by atoms with Crippen LogP contribution in [0.4, 0.5) is 0 Å². The van der Waals surface area contributed by atoms with Crippen molar-refractivity contribution in [3.63, 3.8) is 0 Å². The first-order valence-electron chi connectivity index (χ1n) is 8.19. The van der Waals surface area contributed by atoms with Crippen molar-refractivity contribution in [2.45, 2.75) is 13.8 Å². The summed E-state index contributed by atoms with van der Waals surface area (Å²) >= 11 is 0. The molecule has 0 saturated carbocycles.